The summed E-state index contributed by atoms with van der Waals surface area (Å²) in [5.41, 5.74) is 0. The molecule has 0 bridgehead atoms. The standard InChI is InChI=1S/C10H9ClO2S2/c1-15(12,13)6-7-5-8-9(11)3-2-4-10(8)14-7/h2-5H,6H2,1H3. The Morgan fingerprint density at radius 2 is 2.13 bits per heavy atom. The summed E-state index contributed by atoms with van der Waals surface area (Å²) in [6.07, 6.45) is 1.24. The zero-order valence-electron chi connectivity index (χ0n) is 8.03. The second kappa shape index (κ2) is 3.77. The molecule has 5 heteroatoms. The molecule has 0 N–H and O–H groups in total. The third kappa shape index (κ3) is 2.51. The minimum Gasteiger partial charge on any atom is -0.229 e. The van der Waals surface area contributed by atoms with Gasteiger partial charge in [-0.05, 0) is 18.2 Å². The second-order valence-electron chi connectivity index (χ2n) is 3.43. The third-order valence-electron chi connectivity index (χ3n) is 1.96. The molecular weight excluding hydrogens is 252 g/mol. The maximum Gasteiger partial charge on any atom is 0.152 e. The van der Waals surface area contributed by atoms with Crippen molar-refractivity contribution in [3.8, 4) is 0 Å². The highest BCUT2D eigenvalue weighted by Crippen LogP contribution is 2.31. The number of sulfone groups is 1. The van der Waals surface area contributed by atoms with Gasteiger partial charge < -0.3 is 0 Å². The van der Waals surface area contributed by atoms with Crippen LogP contribution in [0.4, 0.5) is 0 Å². The van der Waals surface area contributed by atoms with E-state index < -0.39 is 9.84 Å². The van der Waals surface area contributed by atoms with E-state index in [4.69, 9.17) is 11.6 Å². The van der Waals surface area contributed by atoms with Crippen LogP contribution in [0, 0.1) is 0 Å². The zero-order chi connectivity index (χ0) is 11.1. The summed E-state index contributed by atoms with van der Waals surface area (Å²) in [6, 6.07) is 7.47. The highest BCUT2D eigenvalue weighted by atomic mass is 35.5. The molecule has 2 rings (SSSR count). The van der Waals surface area contributed by atoms with Crippen molar-refractivity contribution >= 4 is 42.9 Å². The second-order valence-corrected chi connectivity index (χ2v) is 7.15. The first-order chi connectivity index (χ1) is 6.96. The molecule has 0 saturated heterocycles. The summed E-state index contributed by atoms with van der Waals surface area (Å²) >= 11 is 7.47. The lowest BCUT2D eigenvalue weighted by Crippen LogP contribution is -1.98. The van der Waals surface area contributed by atoms with Gasteiger partial charge >= 0.3 is 0 Å². The quantitative estimate of drug-likeness (QED) is 0.832. The summed E-state index contributed by atoms with van der Waals surface area (Å²) in [5.74, 6) is 0.0860. The molecule has 1 aromatic heterocycles. The maximum atomic E-state index is 11.1. The van der Waals surface area contributed by atoms with Crippen molar-refractivity contribution in [3.05, 3.63) is 34.2 Å². The average Bonchev–Trinajstić information content (AvgIpc) is 2.45. The molecule has 2 nitrogen and oxygen atoms in total. The summed E-state index contributed by atoms with van der Waals surface area (Å²) < 4.78 is 23.3. The predicted octanol–water partition coefficient (Wildman–Crippen LogP) is 3.10. The Kier molecular flexibility index (Phi) is 2.75. The molecule has 0 unspecified atom stereocenters. The van der Waals surface area contributed by atoms with E-state index in [-0.39, 0.29) is 5.75 Å². The van der Waals surface area contributed by atoms with E-state index >= 15 is 0 Å². The van der Waals surface area contributed by atoms with Crippen molar-refractivity contribution in [2.75, 3.05) is 6.26 Å². The monoisotopic (exact) mass is 260 g/mol. The molecular formula is C10H9ClO2S2. The van der Waals surface area contributed by atoms with E-state index in [1.165, 1.54) is 17.6 Å². The lowest BCUT2D eigenvalue weighted by molar-refractivity contribution is 0.601. The van der Waals surface area contributed by atoms with Gasteiger partial charge in [0.1, 0.15) is 0 Å². The molecule has 15 heavy (non-hydrogen) atoms. The minimum absolute atomic E-state index is 0.0860. The molecule has 0 radical (unpaired) electrons. The minimum atomic E-state index is -2.97. The Balaban J connectivity index is 2.53. The van der Waals surface area contributed by atoms with Crippen LogP contribution < -0.4 is 0 Å². The Morgan fingerprint density at radius 3 is 2.73 bits per heavy atom. The van der Waals surface area contributed by atoms with E-state index in [1.807, 2.05) is 18.2 Å². The molecule has 0 atom stereocenters. The number of hydrogen-bond donors (Lipinski definition) is 0. The highest BCUT2D eigenvalue weighted by Gasteiger charge is 2.09. The van der Waals surface area contributed by atoms with Gasteiger partial charge in [0, 0.05) is 26.2 Å². The van der Waals surface area contributed by atoms with E-state index in [9.17, 15) is 8.42 Å². The van der Waals surface area contributed by atoms with Crippen molar-refractivity contribution < 1.29 is 8.42 Å². The third-order valence-corrected chi connectivity index (χ3v) is 4.41. The van der Waals surface area contributed by atoms with Crippen molar-refractivity contribution in [3.63, 3.8) is 0 Å². The average molecular weight is 261 g/mol. The first kappa shape index (κ1) is 10.9. The zero-order valence-corrected chi connectivity index (χ0v) is 10.4. The van der Waals surface area contributed by atoms with Gasteiger partial charge in [0.25, 0.3) is 0 Å². The van der Waals surface area contributed by atoms with Crippen LogP contribution in [-0.2, 0) is 15.6 Å². The maximum absolute atomic E-state index is 11.1. The van der Waals surface area contributed by atoms with Gasteiger partial charge in [0.05, 0.1) is 5.75 Å². The summed E-state index contributed by atoms with van der Waals surface area (Å²) in [4.78, 5) is 0.834. The molecule has 0 aliphatic carbocycles. The smallest absolute Gasteiger partial charge is 0.152 e. The van der Waals surface area contributed by atoms with E-state index in [0.717, 1.165) is 15.0 Å². The highest BCUT2D eigenvalue weighted by molar-refractivity contribution is 7.90. The first-order valence-electron chi connectivity index (χ1n) is 4.30. The largest absolute Gasteiger partial charge is 0.229 e. The number of hydrogen-bond acceptors (Lipinski definition) is 3. The van der Waals surface area contributed by atoms with Gasteiger partial charge in [-0.15, -0.1) is 11.3 Å². The van der Waals surface area contributed by atoms with Crippen LogP contribution in [0.1, 0.15) is 4.88 Å². The molecule has 0 fully saturated rings. The van der Waals surface area contributed by atoms with Gasteiger partial charge in [0.2, 0.25) is 0 Å². The number of benzene rings is 1. The van der Waals surface area contributed by atoms with Gasteiger partial charge in [0.15, 0.2) is 9.84 Å². The van der Waals surface area contributed by atoms with Crippen molar-refractivity contribution in [2.24, 2.45) is 0 Å². The summed E-state index contributed by atoms with van der Waals surface area (Å²) in [7, 11) is -2.97. The topological polar surface area (TPSA) is 34.1 Å². The lowest BCUT2D eigenvalue weighted by atomic mass is 10.2. The molecule has 2 aromatic rings. The fourth-order valence-corrected chi connectivity index (χ4v) is 4.06. The molecule has 0 aliphatic heterocycles. The molecule has 0 aliphatic rings. The van der Waals surface area contributed by atoms with Gasteiger partial charge in [-0.25, -0.2) is 8.42 Å². The Morgan fingerprint density at radius 1 is 1.40 bits per heavy atom. The first-order valence-corrected chi connectivity index (χ1v) is 7.56. The van der Waals surface area contributed by atoms with Crippen LogP contribution in [0.3, 0.4) is 0 Å². The van der Waals surface area contributed by atoms with Crippen LogP contribution in [-0.4, -0.2) is 14.7 Å². The SMILES string of the molecule is CS(=O)(=O)Cc1cc2c(Cl)cccc2s1. The summed E-state index contributed by atoms with van der Waals surface area (Å²) in [6.45, 7) is 0. The van der Waals surface area contributed by atoms with Crippen LogP contribution >= 0.6 is 22.9 Å². The normalized spacial score (nSPS) is 12.1. The Labute approximate surface area is 97.4 Å². The van der Waals surface area contributed by atoms with Gasteiger partial charge in [-0.3, -0.25) is 0 Å². The van der Waals surface area contributed by atoms with Crippen LogP contribution in [0.5, 0.6) is 0 Å². The van der Waals surface area contributed by atoms with E-state index in [0.29, 0.717) is 5.02 Å². The number of halogens is 1. The van der Waals surface area contributed by atoms with E-state index in [2.05, 4.69) is 0 Å². The van der Waals surface area contributed by atoms with Crippen molar-refractivity contribution in [1.29, 1.82) is 0 Å². The van der Waals surface area contributed by atoms with Crippen molar-refractivity contribution in [2.45, 2.75) is 5.75 Å². The van der Waals surface area contributed by atoms with Crippen molar-refractivity contribution in [1.82, 2.24) is 0 Å². The molecule has 0 amide bonds. The van der Waals surface area contributed by atoms with Crippen LogP contribution in [0.2, 0.25) is 5.02 Å². The summed E-state index contributed by atoms with van der Waals surface area (Å²) in [5, 5.41) is 1.60. The van der Waals surface area contributed by atoms with Gasteiger partial charge in [-0.2, -0.15) is 0 Å². The Hall–Kier alpha value is -0.580. The molecule has 0 spiro atoms. The fraction of sp³-hybridized carbons (Fsp3) is 0.200. The van der Waals surface area contributed by atoms with Crippen LogP contribution in [0.15, 0.2) is 24.3 Å². The molecule has 0 saturated carbocycles. The predicted molar refractivity (Wildman–Crippen MR) is 65.4 cm³/mol. The number of fused-ring (bicyclic) bond motifs is 1. The van der Waals surface area contributed by atoms with E-state index in [1.54, 1.807) is 6.07 Å². The number of thiophene rings is 1. The molecule has 1 aromatic carbocycles. The lowest BCUT2D eigenvalue weighted by Gasteiger charge is -1.91. The Bertz CT molecular complexity index is 599. The fourth-order valence-electron chi connectivity index (χ4n) is 1.41. The number of rotatable bonds is 2. The molecule has 1 heterocycles. The molecule has 80 valence electrons. The van der Waals surface area contributed by atoms with Gasteiger partial charge in [-0.1, -0.05) is 17.7 Å². The van der Waals surface area contributed by atoms with Crippen LogP contribution in [0.25, 0.3) is 10.1 Å².